The molecule has 0 aromatic rings. The molecule has 0 amide bonds. The third-order valence-corrected chi connectivity index (χ3v) is 5.29. The summed E-state index contributed by atoms with van der Waals surface area (Å²) in [5.74, 6) is -50.0. The van der Waals surface area contributed by atoms with Gasteiger partial charge in [0.05, 0.1) is 18.6 Å². The highest BCUT2D eigenvalue weighted by molar-refractivity contribution is 7.47. The van der Waals surface area contributed by atoms with Crippen molar-refractivity contribution in [3.05, 3.63) is 0 Å². The molecule has 0 heterocycles. The fourth-order valence-electron chi connectivity index (χ4n) is 1.89. The molecule has 0 aromatic heterocycles. The molecule has 0 aliphatic carbocycles. The van der Waals surface area contributed by atoms with Crippen LogP contribution in [0, 0.1) is 0 Å². The average Bonchev–Trinajstić information content (AvgIpc) is 2.74. The Morgan fingerprint density at radius 3 is 1.46 bits per heavy atom. The summed E-state index contributed by atoms with van der Waals surface area (Å²) in [4.78, 5) is 8.86. The molecular weight excluding hydrogens is 626 g/mol. The highest BCUT2D eigenvalue weighted by Gasteiger charge is 2.92. The molecule has 5 nitrogen and oxygen atoms in total. The van der Waals surface area contributed by atoms with Crippen LogP contribution >= 0.6 is 19.4 Å². The number of halogens is 18. The second-order valence-corrected chi connectivity index (χ2v) is 8.43. The maximum absolute atomic E-state index is 13.6. The summed E-state index contributed by atoms with van der Waals surface area (Å²) < 4.78 is 243. The van der Waals surface area contributed by atoms with Gasteiger partial charge in [-0.05, 0) is 0 Å². The number of aliphatic hydroxyl groups excluding tert-OH is 1. The molecule has 24 heteroatoms. The van der Waals surface area contributed by atoms with E-state index in [1.807, 2.05) is 0 Å². The first-order valence-electron chi connectivity index (χ1n) is 8.47. The predicted octanol–water partition coefficient (Wildman–Crippen LogP) is 5.77. The molecule has 0 bridgehead atoms. The lowest BCUT2D eigenvalue weighted by Crippen LogP contribution is -2.73. The van der Waals surface area contributed by atoms with E-state index in [1.54, 1.807) is 0 Å². The molecule has 2 N–H and O–H groups in total. The molecule has 0 fully saturated rings. The third-order valence-electron chi connectivity index (χ3n) is 4.01. The zero-order chi connectivity index (χ0) is 30.2. The molecule has 37 heavy (non-hydrogen) atoms. The molecule has 0 aromatic carbocycles. The van der Waals surface area contributed by atoms with Crippen LogP contribution in [0.5, 0.6) is 0 Å². The largest absolute Gasteiger partial charge is 0.475 e. The van der Waals surface area contributed by atoms with Gasteiger partial charge in [0.25, 0.3) is 12.8 Å². The second kappa shape index (κ2) is 11.3. The van der Waals surface area contributed by atoms with Crippen molar-refractivity contribution < 1.29 is 98.2 Å². The van der Waals surface area contributed by atoms with E-state index in [0.717, 1.165) is 0 Å². The molecule has 5 unspecified atom stereocenters. The number of phosphoric ester groups is 1. The number of hydrogen-bond acceptors (Lipinski definition) is 4. The van der Waals surface area contributed by atoms with Crippen LogP contribution < -0.4 is 0 Å². The van der Waals surface area contributed by atoms with Gasteiger partial charge in [-0.15, -0.1) is 11.6 Å². The molecule has 224 valence electrons. The molecular formula is C13H11ClF17O5P. The van der Waals surface area contributed by atoms with Crippen molar-refractivity contribution in [3.63, 3.8) is 0 Å². The Bertz CT molecular complexity index is 814. The lowest BCUT2D eigenvalue weighted by Gasteiger charge is -2.42. The molecule has 0 rings (SSSR count). The van der Waals surface area contributed by atoms with E-state index in [4.69, 9.17) is 21.6 Å². The van der Waals surface area contributed by atoms with Crippen molar-refractivity contribution in [1.82, 2.24) is 0 Å². The van der Waals surface area contributed by atoms with Gasteiger partial charge in [-0.3, -0.25) is 4.52 Å². The smallest absolute Gasteiger partial charge is 0.389 e. The molecule has 0 saturated heterocycles. The van der Waals surface area contributed by atoms with Crippen LogP contribution in [0.3, 0.4) is 0 Å². The molecule has 0 spiro atoms. The Labute approximate surface area is 198 Å². The minimum absolute atomic E-state index is 0.854. The van der Waals surface area contributed by atoms with E-state index in [2.05, 4.69) is 9.05 Å². The van der Waals surface area contributed by atoms with Gasteiger partial charge in [0, 0.05) is 0 Å². The summed E-state index contributed by atoms with van der Waals surface area (Å²) in [6, 6.07) is 0. The Hall–Kier alpha value is -0.830. The van der Waals surface area contributed by atoms with Gasteiger partial charge in [0.2, 0.25) is 6.17 Å². The lowest BCUT2D eigenvalue weighted by atomic mass is 9.89. The summed E-state index contributed by atoms with van der Waals surface area (Å²) in [5, 5.41) is 8.87. The summed E-state index contributed by atoms with van der Waals surface area (Å²) in [7, 11) is -6.44. The third kappa shape index (κ3) is 6.50. The molecule has 5 atom stereocenters. The Balaban J connectivity index is 6.37. The maximum atomic E-state index is 13.6. The molecule has 0 radical (unpaired) electrons. The summed E-state index contributed by atoms with van der Waals surface area (Å²) in [5.41, 5.74) is 0. The van der Waals surface area contributed by atoms with E-state index in [9.17, 15) is 79.2 Å². The average molecular weight is 637 g/mol. The van der Waals surface area contributed by atoms with Crippen molar-refractivity contribution in [2.45, 2.75) is 66.8 Å². The monoisotopic (exact) mass is 636 g/mol. The number of hydrogen-bond donors (Lipinski definition) is 2. The SMILES string of the molecule is O=P(O)(OCC(O)CCl)OC(F)C(F)(F)C(F)(F)C(F)(F)C(F)(F)C(F)(F)C(F)(F)C(F)C(F)C(F)F. The van der Waals surface area contributed by atoms with E-state index >= 15 is 0 Å². The quantitative estimate of drug-likeness (QED) is 0.136. The summed E-state index contributed by atoms with van der Waals surface area (Å²) in [6.07, 6.45) is -23.6. The highest BCUT2D eigenvalue weighted by Crippen LogP contribution is 2.62. The number of phosphoric acid groups is 1. The van der Waals surface area contributed by atoms with Gasteiger partial charge in [0.1, 0.15) is 0 Å². The first-order valence-corrected chi connectivity index (χ1v) is 10.5. The van der Waals surface area contributed by atoms with Crippen molar-refractivity contribution in [1.29, 1.82) is 0 Å². The lowest BCUT2D eigenvalue weighted by molar-refractivity contribution is -0.439. The predicted molar refractivity (Wildman–Crippen MR) is 84.0 cm³/mol. The van der Waals surface area contributed by atoms with E-state index < -0.39 is 87.1 Å². The van der Waals surface area contributed by atoms with Gasteiger partial charge in [-0.2, -0.15) is 52.7 Å². The fraction of sp³-hybridized carbons (Fsp3) is 1.00. The van der Waals surface area contributed by atoms with Crippen molar-refractivity contribution in [2.24, 2.45) is 0 Å². The van der Waals surface area contributed by atoms with Crippen LogP contribution in [-0.4, -0.2) is 89.3 Å². The zero-order valence-corrected chi connectivity index (χ0v) is 18.3. The van der Waals surface area contributed by atoms with Gasteiger partial charge in [-0.1, -0.05) is 0 Å². The molecule has 0 saturated carbocycles. The van der Waals surface area contributed by atoms with Crippen molar-refractivity contribution >= 4 is 19.4 Å². The van der Waals surface area contributed by atoms with Crippen molar-refractivity contribution in [2.75, 3.05) is 12.5 Å². The van der Waals surface area contributed by atoms with Crippen LogP contribution in [0.1, 0.15) is 0 Å². The van der Waals surface area contributed by atoms with Crippen LogP contribution in [-0.2, 0) is 13.6 Å². The topological polar surface area (TPSA) is 76.0 Å². The van der Waals surface area contributed by atoms with Gasteiger partial charge in [-0.25, -0.2) is 31.0 Å². The van der Waals surface area contributed by atoms with E-state index in [1.165, 1.54) is 0 Å². The van der Waals surface area contributed by atoms with Crippen LogP contribution in [0.25, 0.3) is 0 Å². The van der Waals surface area contributed by atoms with Crippen molar-refractivity contribution in [3.8, 4) is 0 Å². The minimum Gasteiger partial charge on any atom is -0.389 e. The van der Waals surface area contributed by atoms with Gasteiger partial charge >= 0.3 is 43.4 Å². The van der Waals surface area contributed by atoms with Gasteiger partial charge < -0.3 is 10.00 Å². The van der Waals surface area contributed by atoms with Crippen LogP contribution in [0.4, 0.5) is 74.6 Å². The summed E-state index contributed by atoms with van der Waals surface area (Å²) in [6.45, 7) is -1.53. The minimum atomic E-state index is -8.60. The Morgan fingerprint density at radius 1 is 0.730 bits per heavy atom. The highest BCUT2D eigenvalue weighted by atomic mass is 35.5. The first kappa shape index (κ1) is 36.2. The van der Waals surface area contributed by atoms with E-state index in [-0.39, 0.29) is 0 Å². The number of alkyl halides is 18. The molecule has 0 aliphatic heterocycles. The maximum Gasteiger partial charge on any atom is 0.475 e. The standard InChI is InChI=1S/C13H11ClF17O5P/c14-1-3(32)2-35-37(33,34)36-7(19)9(22,23)11(26,27)13(30,31)12(28,29)10(24,25)8(20,21)5(16)4(15)6(17)18/h3-7,32H,1-2H2,(H,33,34). The van der Waals surface area contributed by atoms with E-state index in [0.29, 0.717) is 0 Å². The number of aliphatic hydroxyl groups is 1. The fourth-order valence-corrected chi connectivity index (χ4v) is 2.77. The summed E-state index contributed by atoms with van der Waals surface area (Å²) >= 11 is 4.95. The second-order valence-electron chi connectivity index (χ2n) is 6.72. The number of rotatable bonds is 15. The normalized spacial score (nSPS) is 19.9. The molecule has 0 aliphatic rings. The Morgan fingerprint density at radius 2 is 1.11 bits per heavy atom. The van der Waals surface area contributed by atoms with Crippen LogP contribution in [0.2, 0.25) is 0 Å². The zero-order valence-electron chi connectivity index (χ0n) is 16.7. The Kier molecular flexibility index (Phi) is 11.1. The van der Waals surface area contributed by atoms with Gasteiger partial charge in [0.15, 0.2) is 6.17 Å². The van der Waals surface area contributed by atoms with Crippen LogP contribution in [0.15, 0.2) is 0 Å². The first-order chi connectivity index (χ1) is 16.1.